The zero-order chi connectivity index (χ0) is 19.0. The molecule has 5 nitrogen and oxygen atoms in total. The van der Waals surface area contributed by atoms with Gasteiger partial charge in [-0.1, -0.05) is 30.3 Å². The number of fused-ring (bicyclic) bond motifs is 2. The number of pyridine rings is 2. The maximum atomic E-state index is 5.95. The van der Waals surface area contributed by atoms with Crippen molar-refractivity contribution >= 4 is 17.3 Å². The highest BCUT2D eigenvalue weighted by molar-refractivity contribution is 5.52. The van der Waals surface area contributed by atoms with Crippen molar-refractivity contribution < 1.29 is 0 Å². The van der Waals surface area contributed by atoms with Crippen LogP contribution in [0.5, 0.6) is 0 Å². The van der Waals surface area contributed by atoms with E-state index >= 15 is 0 Å². The van der Waals surface area contributed by atoms with Gasteiger partial charge in [-0.25, -0.2) is 9.97 Å². The average molecular weight is 371 g/mol. The van der Waals surface area contributed by atoms with Gasteiger partial charge in [0.25, 0.3) is 0 Å². The third-order valence-electron chi connectivity index (χ3n) is 6.30. The maximum absolute atomic E-state index is 5.95. The van der Waals surface area contributed by atoms with Crippen molar-refractivity contribution in [2.75, 3.05) is 29.0 Å². The van der Waals surface area contributed by atoms with Gasteiger partial charge >= 0.3 is 0 Å². The number of nitrogens with one attached hydrogen (secondary N) is 1. The van der Waals surface area contributed by atoms with Crippen LogP contribution in [0.1, 0.15) is 36.4 Å². The first-order valence-electron chi connectivity index (χ1n) is 9.97. The number of nitrogen functional groups attached to an aromatic ring is 1. The van der Waals surface area contributed by atoms with Crippen molar-refractivity contribution in [3.8, 4) is 0 Å². The van der Waals surface area contributed by atoms with Crippen molar-refractivity contribution in [3.63, 3.8) is 0 Å². The number of hydrogen-bond acceptors (Lipinski definition) is 5. The number of hydrogen-bond donors (Lipinski definition) is 2. The molecule has 2 aromatic heterocycles. The molecule has 1 spiro atoms. The van der Waals surface area contributed by atoms with Gasteiger partial charge in [0.05, 0.1) is 6.04 Å². The van der Waals surface area contributed by atoms with E-state index in [1.165, 1.54) is 11.1 Å². The van der Waals surface area contributed by atoms with Crippen LogP contribution in [0.2, 0.25) is 0 Å². The van der Waals surface area contributed by atoms with Gasteiger partial charge in [0.2, 0.25) is 0 Å². The third-order valence-corrected chi connectivity index (χ3v) is 6.30. The Kier molecular flexibility index (Phi) is 4.15. The van der Waals surface area contributed by atoms with Crippen molar-refractivity contribution in [1.29, 1.82) is 0 Å². The summed E-state index contributed by atoms with van der Waals surface area (Å²) in [5, 5.41) is 3.67. The minimum Gasteiger partial charge on any atom is -0.399 e. The van der Waals surface area contributed by atoms with Crippen LogP contribution < -0.4 is 16.0 Å². The molecular formula is C23H25N5. The number of rotatable bonds is 3. The summed E-state index contributed by atoms with van der Waals surface area (Å²) in [5.41, 5.74) is 9.87. The fourth-order valence-electron chi connectivity index (χ4n) is 4.89. The van der Waals surface area contributed by atoms with Gasteiger partial charge in [-0.3, -0.25) is 0 Å². The normalized spacial score (nSPS) is 20.1. The second-order valence-electron chi connectivity index (χ2n) is 7.92. The van der Waals surface area contributed by atoms with E-state index in [0.29, 0.717) is 6.04 Å². The van der Waals surface area contributed by atoms with E-state index in [9.17, 15) is 0 Å². The van der Waals surface area contributed by atoms with Crippen LogP contribution in [-0.4, -0.2) is 23.1 Å². The first kappa shape index (κ1) is 17.0. The highest BCUT2D eigenvalue weighted by Crippen LogP contribution is 2.51. The van der Waals surface area contributed by atoms with Crippen LogP contribution in [-0.2, 0) is 5.41 Å². The first-order valence-corrected chi connectivity index (χ1v) is 9.97. The summed E-state index contributed by atoms with van der Waals surface area (Å²) in [6.07, 6.45) is 7.01. The largest absolute Gasteiger partial charge is 0.399 e. The van der Waals surface area contributed by atoms with E-state index in [2.05, 4.69) is 44.5 Å². The summed E-state index contributed by atoms with van der Waals surface area (Å²) >= 11 is 0. The molecule has 2 aliphatic rings. The van der Waals surface area contributed by atoms with Crippen LogP contribution in [0.15, 0.2) is 67.0 Å². The topological polar surface area (TPSA) is 67.1 Å². The molecule has 0 amide bonds. The average Bonchev–Trinajstić information content (AvgIpc) is 3.03. The van der Waals surface area contributed by atoms with E-state index in [4.69, 9.17) is 5.73 Å². The molecule has 1 aromatic carbocycles. The molecule has 5 rings (SSSR count). The molecule has 1 atom stereocenters. The Morgan fingerprint density at radius 1 is 0.964 bits per heavy atom. The fourth-order valence-corrected chi connectivity index (χ4v) is 4.89. The lowest BCUT2D eigenvalue weighted by Crippen LogP contribution is -2.42. The van der Waals surface area contributed by atoms with Gasteiger partial charge in [0.15, 0.2) is 0 Å². The number of piperidine rings is 1. The molecule has 3 aromatic rings. The molecule has 1 aliphatic carbocycles. The van der Waals surface area contributed by atoms with Crippen molar-refractivity contribution in [2.45, 2.75) is 30.7 Å². The summed E-state index contributed by atoms with van der Waals surface area (Å²) in [7, 11) is 0. The van der Waals surface area contributed by atoms with Crippen LogP contribution >= 0.6 is 0 Å². The summed E-state index contributed by atoms with van der Waals surface area (Å²) < 4.78 is 0. The SMILES string of the molecule is Nc1ccnc(N2CCC3(CC2)C[C@@H](Nc2ccccn2)c2ccccc23)c1. The lowest BCUT2D eigenvalue weighted by molar-refractivity contribution is 0.319. The second kappa shape index (κ2) is 6.82. The molecular weight excluding hydrogens is 346 g/mol. The Hall–Kier alpha value is -3.08. The molecule has 28 heavy (non-hydrogen) atoms. The Morgan fingerprint density at radius 2 is 1.79 bits per heavy atom. The van der Waals surface area contributed by atoms with E-state index < -0.39 is 0 Å². The molecule has 0 bridgehead atoms. The highest BCUT2D eigenvalue weighted by Gasteiger charge is 2.45. The molecule has 0 saturated carbocycles. The monoisotopic (exact) mass is 371 g/mol. The zero-order valence-electron chi connectivity index (χ0n) is 15.9. The lowest BCUT2D eigenvalue weighted by atomic mass is 9.73. The minimum absolute atomic E-state index is 0.222. The summed E-state index contributed by atoms with van der Waals surface area (Å²) in [6, 6.07) is 19.1. The number of anilines is 3. The predicted molar refractivity (Wildman–Crippen MR) is 113 cm³/mol. The number of nitrogens with two attached hydrogens (primary N) is 1. The van der Waals surface area contributed by atoms with Gasteiger partial charge in [0.1, 0.15) is 11.6 Å². The second-order valence-corrected chi connectivity index (χ2v) is 7.92. The van der Waals surface area contributed by atoms with Crippen LogP contribution in [0, 0.1) is 0 Å². The Morgan fingerprint density at radius 3 is 2.57 bits per heavy atom. The van der Waals surface area contributed by atoms with E-state index in [-0.39, 0.29) is 5.41 Å². The summed E-state index contributed by atoms with van der Waals surface area (Å²) in [5.74, 6) is 1.94. The van der Waals surface area contributed by atoms with Crippen LogP contribution in [0.3, 0.4) is 0 Å². The van der Waals surface area contributed by atoms with E-state index in [1.54, 1.807) is 6.20 Å². The number of nitrogens with zero attached hydrogens (tertiary/aromatic N) is 3. The zero-order valence-corrected chi connectivity index (χ0v) is 15.9. The Bertz CT molecular complexity index is 963. The molecule has 3 N–H and O–H groups in total. The van der Waals surface area contributed by atoms with E-state index in [0.717, 1.165) is 49.7 Å². The fraction of sp³-hybridized carbons (Fsp3) is 0.304. The molecule has 142 valence electrons. The molecule has 1 saturated heterocycles. The lowest BCUT2D eigenvalue weighted by Gasteiger charge is -2.41. The predicted octanol–water partition coefficient (Wildman–Crippen LogP) is 4.15. The Balaban J connectivity index is 1.39. The van der Waals surface area contributed by atoms with Crippen molar-refractivity contribution in [3.05, 3.63) is 78.1 Å². The number of aromatic nitrogens is 2. The van der Waals surface area contributed by atoms with Crippen molar-refractivity contribution in [1.82, 2.24) is 9.97 Å². The third kappa shape index (κ3) is 2.97. The van der Waals surface area contributed by atoms with Gasteiger partial charge in [0, 0.05) is 42.7 Å². The van der Waals surface area contributed by atoms with Gasteiger partial charge in [-0.05, 0) is 48.6 Å². The highest BCUT2D eigenvalue weighted by atomic mass is 15.2. The molecule has 5 heteroatoms. The first-order chi connectivity index (χ1) is 13.7. The molecule has 1 fully saturated rings. The van der Waals surface area contributed by atoms with Gasteiger partial charge in [-0.15, -0.1) is 0 Å². The van der Waals surface area contributed by atoms with Crippen LogP contribution in [0.4, 0.5) is 17.3 Å². The number of benzene rings is 1. The maximum Gasteiger partial charge on any atom is 0.130 e. The minimum atomic E-state index is 0.222. The van der Waals surface area contributed by atoms with E-state index in [1.807, 2.05) is 36.5 Å². The van der Waals surface area contributed by atoms with Crippen LogP contribution in [0.25, 0.3) is 0 Å². The molecule has 3 heterocycles. The van der Waals surface area contributed by atoms with Gasteiger partial charge in [-0.2, -0.15) is 0 Å². The smallest absolute Gasteiger partial charge is 0.130 e. The van der Waals surface area contributed by atoms with Crippen molar-refractivity contribution in [2.24, 2.45) is 0 Å². The summed E-state index contributed by atoms with van der Waals surface area (Å²) in [4.78, 5) is 11.4. The molecule has 0 radical (unpaired) electrons. The van der Waals surface area contributed by atoms with Gasteiger partial charge < -0.3 is 16.0 Å². The molecule has 0 unspecified atom stereocenters. The molecule has 1 aliphatic heterocycles. The standard InChI is InChI=1S/C23H25N5/c24-17-8-12-26-22(15-17)28-13-9-23(10-14-28)16-20(18-5-1-2-6-19(18)23)27-21-7-3-4-11-25-21/h1-8,11-12,15,20H,9-10,13-14,16H2,(H2,24,26)(H,25,27)/t20-/m1/s1. The summed E-state index contributed by atoms with van der Waals surface area (Å²) in [6.45, 7) is 2.00. The Labute approximate surface area is 165 Å². The quantitative estimate of drug-likeness (QED) is 0.724.